The monoisotopic (exact) mass is 257 g/mol. The van der Waals surface area contributed by atoms with Gasteiger partial charge in [0.15, 0.2) is 0 Å². The molecule has 1 aromatic rings. The Morgan fingerprint density at radius 1 is 0.947 bits per heavy atom. The van der Waals surface area contributed by atoms with E-state index in [1.54, 1.807) is 0 Å². The fraction of sp³-hybridized carbons (Fsp3) is 0.667. The van der Waals surface area contributed by atoms with Crippen LogP contribution in [-0.2, 0) is 6.42 Å². The highest BCUT2D eigenvalue weighted by molar-refractivity contribution is 5.16. The molecule has 0 aromatic heterocycles. The zero-order valence-electron chi connectivity index (χ0n) is 11.9. The van der Waals surface area contributed by atoms with Crippen LogP contribution < -0.4 is 5.73 Å². The molecule has 0 spiro atoms. The molecule has 2 N–H and O–H groups in total. The van der Waals surface area contributed by atoms with Crippen LogP contribution in [-0.4, -0.2) is 6.04 Å². The number of fused-ring (bicyclic) bond motifs is 1. The third-order valence-corrected chi connectivity index (χ3v) is 5.50. The molecule has 0 heterocycles. The molecule has 2 aliphatic carbocycles. The maximum absolute atomic E-state index is 6.50. The summed E-state index contributed by atoms with van der Waals surface area (Å²) in [5.74, 6) is 2.79. The van der Waals surface area contributed by atoms with E-state index in [9.17, 15) is 0 Å². The molecule has 0 amide bonds. The van der Waals surface area contributed by atoms with Crippen LogP contribution in [0, 0.1) is 17.8 Å². The van der Waals surface area contributed by atoms with Gasteiger partial charge in [-0.3, -0.25) is 0 Å². The summed E-state index contributed by atoms with van der Waals surface area (Å²) in [5.41, 5.74) is 7.91. The van der Waals surface area contributed by atoms with E-state index in [2.05, 4.69) is 30.3 Å². The molecule has 0 aliphatic heterocycles. The first-order chi connectivity index (χ1) is 9.33. The minimum atomic E-state index is 0.366. The van der Waals surface area contributed by atoms with E-state index in [-0.39, 0.29) is 0 Å². The Kier molecular flexibility index (Phi) is 4.22. The van der Waals surface area contributed by atoms with Crippen LogP contribution in [0.25, 0.3) is 0 Å². The minimum absolute atomic E-state index is 0.366. The third kappa shape index (κ3) is 3.20. The molecule has 1 heteroatoms. The molecule has 4 atom stereocenters. The molecule has 0 saturated heterocycles. The molecule has 2 aliphatic rings. The van der Waals surface area contributed by atoms with Crippen molar-refractivity contribution in [2.75, 3.05) is 0 Å². The van der Waals surface area contributed by atoms with Crippen LogP contribution in [0.2, 0.25) is 0 Å². The smallest absolute Gasteiger partial charge is 0.0108 e. The normalized spacial score (nSPS) is 32.6. The molecule has 1 nitrogen and oxygen atoms in total. The van der Waals surface area contributed by atoms with Crippen LogP contribution in [0.5, 0.6) is 0 Å². The lowest BCUT2D eigenvalue weighted by atomic mass is 9.66. The summed E-state index contributed by atoms with van der Waals surface area (Å²) in [4.78, 5) is 0. The topological polar surface area (TPSA) is 26.0 Å². The Bertz CT molecular complexity index is 386. The van der Waals surface area contributed by atoms with Crippen molar-refractivity contribution >= 4 is 0 Å². The van der Waals surface area contributed by atoms with Crippen molar-refractivity contribution in [3.63, 3.8) is 0 Å². The molecule has 2 fully saturated rings. The number of hydrogen-bond donors (Lipinski definition) is 1. The van der Waals surface area contributed by atoms with Gasteiger partial charge in [0, 0.05) is 6.04 Å². The first-order valence-electron chi connectivity index (χ1n) is 8.12. The Morgan fingerprint density at radius 2 is 1.68 bits per heavy atom. The van der Waals surface area contributed by atoms with Crippen molar-refractivity contribution in [3.8, 4) is 0 Å². The molecule has 0 radical (unpaired) electrons. The second kappa shape index (κ2) is 6.09. The van der Waals surface area contributed by atoms with E-state index in [1.165, 1.54) is 50.5 Å². The molecular weight excluding hydrogens is 230 g/mol. The van der Waals surface area contributed by atoms with Gasteiger partial charge in [0.25, 0.3) is 0 Å². The van der Waals surface area contributed by atoms with Gasteiger partial charge in [0.2, 0.25) is 0 Å². The average molecular weight is 257 g/mol. The summed E-state index contributed by atoms with van der Waals surface area (Å²) in [7, 11) is 0. The fourth-order valence-corrected chi connectivity index (χ4v) is 4.35. The standard InChI is InChI=1S/C18H27N/c19-18(12-14-6-2-1-3-7-14)17-11-10-15-8-4-5-9-16(15)13-17/h1-3,6-7,15-18H,4-5,8-13,19H2. The summed E-state index contributed by atoms with van der Waals surface area (Å²) in [6.07, 6.45) is 11.2. The number of nitrogens with two attached hydrogens (primary N) is 1. The van der Waals surface area contributed by atoms with Crippen molar-refractivity contribution in [2.45, 2.75) is 57.4 Å². The van der Waals surface area contributed by atoms with Gasteiger partial charge >= 0.3 is 0 Å². The van der Waals surface area contributed by atoms with Crippen molar-refractivity contribution < 1.29 is 0 Å². The average Bonchev–Trinajstić information content (AvgIpc) is 2.48. The second-order valence-corrected chi connectivity index (χ2v) is 6.73. The molecule has 3 rings (SSSR count). The van der Waals surface area contributed by atoms with Crippen molar-refractivity contribution in [1.82, 2.24) is 0 Å². The number of hydrogen-bond acceptors (Lipinski definition) is 1. The van der Waals surface area contributed by atoms with Gasteiger partial charge in [0.1, 0.15) is 0 Å². The predicted molar refractivity (Wildman–Crippen MR) is 80.9 cm³/mol. The molecule has 2 saturated carbocycles. The molecule has 4 unspecified atom stereocenters. The van der Waals surface area contributed by atoms with Crippen LogP contribution >= 0.6 is 0 Å². The van der Waals surface area contributed by atoms with Gasteiger partial charge in [-0.2, -0.15) is 0 Å². The Balaban J connectivity index is 1.57. The summed E-state index contributed by atoms with van der Waals surface area (Å²) in [6.45, 7) is 0. The predicted octanol–water partition coefficient (Wildman–Crippen LogP) is 4.16. The van der Waals surface area contributed by atoms with Crippen LogP contribution in [0.15, 0.2) is 30.3 Å². The van der Waals surface area contributed by atoms with Crippen LogP contribution in [0.1, 0.15) is 50.5 Å². The van der Waals surface area contributed by atoms with Crippen molar-refractivity contribution in [3.05, 3.63) is 35.9 Å². The molecule has 0 bridgehead atoms. The first kappa shape index (κ1) is 13.2. The van der Waals surface area contributed by atoms with E-state index >= 15 is 0 Å². The van der Waals surface area contributed by atoms with E-state index in [4.69, 9.17) is 5.73 Å². The van der Waals surface area contributed by atoms with Gasteiger partial charge in [-0.05, 0) is 49.0 Å². The van der Waals surface area contributed by atoms with E-state index in [0.29, 0.717) is 6.04 Å². The van der Waals surface area contributed by atoms with E-state index in [1.807, 2.05) is 0 Å². The van der Waals surface area contributed by atoms with Crippen molar-refractivity contribution in [2.24, 2.45) is 23.5 Å². The molecular formula is C18H27N. The zero-order chi connectivity index (χ0) is 13.1. The highest BCUT2D eigenvalue weighted by Crippen LogP contribution is 2.43. The SMILES string of the molecule is NC(Cc1ccccc1)C1CCC2CCCCC2C1. The minimum Gasteiger partial charge on any atom is -0.327 e. The lowest BCUT2D eigenvalue weighted by Crippen LogP contribution is -2.38. The second-order valence-electron chi connectivity index (χ2n) is 6.73. The molecule has 1 aromatic carbocycles. The quantitative estimate of drug-likeness (QED) is 0.864. The van der Waals surface area contributed by atoms with Crippen LogP contribution in [0.3, 0.4) is 0 Å². The third-order valence-electron chi connectivity index (χ3n) is 5.50. The van der Waals surface area contributed by atoms with E-state index < -0.39 is 0 Å². The lowest BCUT2D eigenvalue weighted by Gasteiger charge is -2.41. The Morgan fingerprint density at radius 3 is 2.47 bits per heavy atom. The maximum Gasteiger partial charge on any atom is 0.0108 e. The summed E-state index contributed by atoms with van der Waals surface area (Å²) in [6, 6.07) is 11.1. The fourth-order valence-electron chi connectivity index (χ4n) is 4.35. The largest absolute Gasteiger partial charge is 0.327 e. The summed E-state index contributed by atoms with van der Waals surface area (Å²) in [5, 5.41) is 0. The van der Waals surface area contributed by atoms with Gasteiger partial charge < -0.3 is 5.73 Å². The highest BCUT2D eigenvalue weighted by atomic mass is 14.7. The number of benzene rings is 1. The Hall–Kier alpha value is -0.820. The lowest BCUT2D eigenvalue weighted by molar-refractivity contribution is 0.117. The first-order valence-corrected chi connectivity index (χ1v) is 8.12. The van der Waals surface area contributed by atoms with Gasteiger partial charge in [0.05, 0.1) is 0 Å². The van der Waals surface area contributed by atoms with Gasteiger partial charge in [-0.15, -0.1) is 0 Å². The zero-order valence-corrected chi connectivity index (χ0v) is 11.9. The van der Waals surface area contributed by atoms with Gasteiger partial charge in [-0.25, -0.2) is 0 Å². The van der Waals surface area contributed by atoms with Gasteiger partial charge in [-0.1, -0.05) is 56.0 Å². The summed E-state index contributed by atoms with van der Waals surface area (Å²) < 4.78 is 0. The van der Waals surface area contributed by atoms with Crippen molar-refractivity contribution in [1.29, 1.82) is 0 Å². The summed E-state index contributed by atoms with van der Waals surface area (Å²) >= 11 is 0. The van der Waals surface area contributed by atoms with E-state index in [0.717, 1.165) is 24.2 Å². The highest BCUT2D eigenvalue weighted by Gasteiger charge is 2.34. The molecule has 19 heavy (non-hydrogen) atoms. The Labute approximate surface area is 117 Å². The molecule has 104 valence electrons. The maximum atomic E-state index is 6.50. The van der Waals surface area contributed by atoms with Crippen LogP contribution in [0.4, 0.5) is 0 Å². The number of rotatable bonds is 3.